The maximum absolute atomic E-state index is 6.00. The van der Waals surface area contributed by atoms with Gasteiger partial charge >= 0.3 is 0 Å². The summed E-state index contributed by atoms with van der Waals surface area (Å²) in [6.45, 7) is 5.49. The number of benzene rings is 1. The fourth-order valence-corrected chi connectivity index (χ4v) is 7.13. The van der Waals surface area contributed by atoms with Crippen LogP contribution in [0.4, 0.5) is 0 Å². The van der Waals surface area contributed by atoms with Crippen LogP contribution in [0.25, 0.3) is 0 Å². The maximum Gasteiger partial charge on any atom is 0.119 e. The zero-order chi connectivity index (χ0) is 25.3. The lowest BCUT2D eigenvalue weighted by molar-refractivity contribution is 0.140. The first-order chi connectivity index (χ1) is 17.8. The summed E-state index contributed by atoms with van der Waals surface area (Å²) < 4.78 is 6.00. The van der Waals surface area contributed by atoms with Crippen molar-refractivity contribution in [3.8, 4) is 5.75 Å². The van der Waals surface area contributed by atoms with Gasteiger partial charge in [0.2, 0.25) is 0 Å². The lowest BCUT2D eigenvalue weighted by Crippen LogP contribution is -2.26. The van der Waals surface area contributed by atoms with Crippen molar-refractivity contribution in [2.45, 2.75) is 155 Å². The molecule has 0 N–H and O–H groups in total. The third kappa shape index (κ3) is 11.6. The molecule has 3 rings (SSSR count). The Labute approximate surface area is 225 Å². The molecular weight excluding hydrogens is 436 g/mol. The van der Waals surface area contributed by atoms with Crippen molar-refractivity contribution in [3.63, 3.8) is 0 Å². The Morgan fingerprint density at radius 1 is 0.556 bits per heavy atom. The minimum Gasteiger partial charge on any atom is -0.494 e. The number of aryl methyl sites for hydroxylation is 1. The van der Waals surface area contributed by atoms with E-state index in [9.17, 15) is 0 Å². The molecular formula is C35H60O. The molecule has 2 aliphatic carbocycles. The van der Waals surface area contributed by atoms with Crippen molar-refractivity contribution in [3.05, 3.63) is 29.8 Å². The Morgan fingerprint density at radius 3 is 1.64 bits per heavy atom. The number of ether oxygens (including phenoxy) is 1. The predicted octanol–water partition coefficient (Wildman–Crippen LogP) is 11.3. The molecule has 2 saturated carbocycles. The minimum atomic E-state index is 0.873. The van der Waals surface area contributed by atoms with Crippen LogP contribution in [0.1, 0.15) is 154 Å². The van der Waals surface area contributed by atoms with E-state index in [1.54, 1.807) is 12.8 Å². The van der Waals surface area contributed by atoms with E-state index in [1.807, 2.05) is 0 Å². The summed E-state index contributed by atoms with van der Waals surface area (Å²) in [5.41, 5.74) is 1.50. The Kier molecular flexibility index (Phi) is 15.0. The highest BCUT2D eigenvalue weighted by Crippen LogP contribution is 2.43. The van der Waals surface area contributed by atoms with Crippen LogP contribution in [0.5, 0.6) is 5.75 Å². The molecule has 0 spiro atoms. The lowest BCUT2D eigenvalue weighted by Gasteiger charge is -2.38. The molecule has 0 aliphatic heterocycles. The molecule has 0 saturated heterocycles. The van der Waals surface area contributed by atoms with Gasteiger partial charge in [0.15, 0.2) is 0 Å². The zero-order valence-electron chi connectivity index (χ0n) is 24.3. The summed E-state index contributed by atoms with van der Waals surface area (Å²) in [6, 6.07) is 9.03. The lowest BCUT2D eigenvalue weighted by atomic mass is 9.68. The van der Waals surface area contributed by atoms with Gasteiger partial charge in [0.05, 0.1) is 6.61 Å². The molecule has 1 aromatic carbocycles. The van der Waals surface area contributed by atoms with Crippen LogP contribution in [-0.4, -0.2) is 6.61 Å². The topological polar surface area (TPSA) is 9.23 Å². The highest BCUT2D eigenvalue weighted by molar-refractivity contribution is 5.27. The fourth-order valence-electron chi connectivity index (χ4n) is 7.13. The first-order valence-electron chi connectivity index (χ1n) is 16.5. The van der Waals surface area contributed by atoms with Crippen molar-refractivity contribution in [1.29, 1.82) is 0 Å². The highest BCUT2D eigenvalue weighted by atomic mass is 16.5. The summed E-state index contributed by atoms with van der Waals surface area (Å²) in [6.07, 6.45) is 31.4. The summed E-state index contributed by atoms with van der Waals surface area (Å²) in [5, 5.41) is 0. The Balaban J connectivity index is 1.21. The van der Waals surface area contributed by atoms with E-state index in [0.29, 0.717) is 0 Å². The van der Waals surface area contributed by atoms with Crippen molar-refractivity contribution in [2.24, 2.45) is 23.7 Å². The van der Waals surface area contributed by atoms with E-state index < -0.39 is 0 Å². The van der Waals surface area contributed by atoms with Gasteiger partial charge in [-0.25, -0.2) is 0 Å². The molecule has 1 aromatic rings. The molecule has 0 heterocycles. The van der Waals surface area contributed by atoms with Crippen molar-refractivity contribution >= 4 is 0 Å². The van der Waals surface area contributed by atoms with Crippen molar-refractivity contribution in [2.75, 3.05) is 6.61 Å². The Hall–Kier alpha value is -0.980. The molecule has 2 fully saturated rings. The Bertz CT molecular complexity index is 633. The van der Waals surface area contributed by atoms with Gasteiger partial charge in [-0.1, -0.05) is 122 Å². The van der Waals surface area contributed by atoms with Crippen molar-refractivity contribution < 1.29 is 4.74 Å². The van der Waals surface area contributed by atoms with E-state index in [1.165, 1.54) is 134 Å². The van der Waals surface area contributed by atoms with Gasteiger partial charge in [0, 0.05) is 0 Å². The zero-order valence-corrected chi connectivity index (χ0v) is 24.3. The number of hydrogen-bond donors (Lipinski definition) is 0. The monoisotopic (exact) mass is 496 g/mol. The van der Waals surface area contributed by atoms with E-state index >= 15 is 0 Å². The second-order valence-corrected chi connectivity index (χ2v) is 12.6. The quantitative estimate of drug-likeness (QED) is 0.184. The first kappa shape index (κ1) is 29.6. The third-order valence-corrected chi connectivity index (χ3v) is 9.70. The van der Waals surface area contributed by atoms with Gasteiger partial charge in [-0.05, 0) is 86.3 Å². The summed E-state index contributed by atoms with van der Waals surface area (Å²) >= 11 is 0. The summed E-state index contributed by atoms with van der Waals surface area (Å²) in [4.78, 5) is 0. The minimum absolute atomic E-state index is 0.873. The van der Waals surface area contributed by atoms with E-state index in [4.69, 9.17) is 4.74 Å². The number of hydrogen-bond acceptors (Lipinski definition) is 1. The van der Waals surface area contributed by atoms with Gasteiger partial charge in [-0.3, -0.25) is 0 Å². The van der Waals surface area contributed by atoms with Gasteiger partial charge in [-0.2, -0.15) is 0 Å². The van der Waals surface area contributed by atoms with Crippen molar-refractivity contribution in [1.82, 2.24) is 0 Å². The number of rotatable bonds is 18. The van der Waals surface area contributed by atoms with Gasteiger partial charge in [0.1, 0.15) is 5.75 Å². The normalized spacial score (nSPS) is 24.6. The standard InChI is InChI=1S/C35H60O/c1-3-5-7-8-9-10-11-13-29-36-35-27-21-32(22-28-35)16-15-31-19-25-34(26-20-31)33-23-17-30(18-24-33)14-12-6-4-2/h21-22,27-28,30-31,33-34H,3-20,23-26,29H2,1-2H3. The molecule has 0 unspecified atom stereocenters. The van der Waals surface area contributed by atoms with Crippen LogP contribution < -0.4 is 4.74 Å². The molecule has 0 amide bonds. The molecule has 0 bridgehead atoms. The molecule has 2 aliphatic rings. The van der Waals surface area contributed by atoms with Gasteiger partial charge in [-0.15, -0.1) is 0 Å². The van der Waals surface area contributed by atoms with Crippen LogP contribution in [0.15, 0.2) is 24.3 Å². The summed E-state index contributed by atoms with van der Waals surface area (Å²) in [5.74, 6) is 5.19. The molecule has 1 heteroatoms. The SMILES string of the molecule is CCCCCCCCCCOc1ccc(CCC2CCC(C3CCC(CCCCC)CC3)CC2)cc1. The van der Waals surface area contributed by atoms with E-state index in [2.05, 4.69) is 38.1 Å². The van der Waals surface area contributed by atoms with Crippen LogP contribution in [0.3, 0.4) is 0 Å². The second-order valence-electron chi connectivity index (χ2n) is 12.6. The number of unbranched alkanes of at least 4 members (excludes halogenated alkanes) is 9. The molecule has 0 radical (unpaired) electrons. The van der Waals surface area contributed by atoms with Crippen LogP contribution in [0.2, 0.25) is 0 Å². The second kappa shape index (κ2) is 18.3. The van der Waals surface area contributed by atoms with Gasteiger partial charge in [0.25, 0.3) is 0 Å². The van der Waals surface area contributed by atoms with E-state index in [0.717, 1.165) is 36.0 Å². The smallest absolute Gasteiger partial charge is 0.119 e. The third-order valence-electron chi connectivity index (χ3n) is 9.70. The molecule has 0 aromatic heterocycles. The average molecular weight is 497 g/mol. The first-order valence-corrected chi connectivity index (χ1v) is 16.5. The van der Waals surface area contributed by atoms with Gasteiger partial charge < -0.3 is 4.74 Å². The predicted molar refractivity (Wildman–Crippen MR) is 158 cm³/mol. The van der Waals surface area contributed by atoms with Crippen LogP contribution >= 0.6 is 0 Å². The Morgan fingerprint density at radius 2 is 1.06 bits per heavy atom. The van der Waals surface area contributed by atoms with Crippen LogP contribution in [-0.2, 0) is 6.42 Å². The molecule has 36 heavy (non-hydrogen) atoms. The van der Waals surface area contributed by atoms with E-state index in [-0.39, 0.29) is 0 Å². The average Bonchev–Trinajstić information content (AvgIpc) is 2.92. The van der Waals surface area contributed by atoms with Crippen LogP contribution in [0, 0.1) is 23.7 Å². The highest BCUT2D eigenvalue weighted by Gasteiger charge is 2.30. The molecule has 0 atom stereocenters. The molecule has 1 nitrogen and oxygen atoms in total. The largest absolute Gasteiger partial charge is 0.494 e. The molecule has 206 valence electrons. The fraction of sp³-hybridized carbons (Fsp3) is 0.829. The summed E-state index contributed by atoms with van der Waals surface area (Å²) in [7, 11) is 0. The maximum atomic E-state index is 6.00.